The zero-order valence-electron chi connectivity index (χ0n) is 14.8. The van der Waals surface area contributed by atoms with E-state index in [-0.39, 0.29) is 17.9 Å². The van der Waals surface area contributed by atoms with Crippen molar-refractivity contribution in [3.05, 3.63) is 53.6 Å². The van der Waals surface area contributed by atoms with Crippen molar-refractivity contribution in [2.75, 3.05) is 19.5 Å². The van der Waals surface area contributed by atoms with Gasteiger partial charge in [0.05, 0.1) is 20.3 Å². The zero-order chi connectivity index (χ0) is 18.4. The Kier molecular flexibility index (Phi) is 6.00. The maximum absolute atomic E-state index is 12.4. The molecule has 0 fully saturated rings. The summed E-state index contributed by atoms with van der Waals surface area (Å²) in [7, 11) is 3.17. The highest BCUT2D eigenvalue weighted by molar-refractivity contribution is 5.95. The molecule has 0 aliphatic rings. The lowest BCUT2D eigenvalue weighted by molar-refractivity contribution is -0.114. The molecule has 0 aliphatic heterocycles. The lowest BCUT2D eigenvalue weighted by Gasteiger charge is -2.18. The Hall–Kier alpha value is -3.02. The van der Waals surface area contributed by atoms with Gasteiger partial charge in [0.1, 0.15) is 11.5 Å². The molecular formula is C19H22N2O4. The Morgan fingerprint density at radius 1 is 1.00 bits per heavy atom. The van der Waals surface area contributed by atoms with Crippen LogP contribution in [0, 0.1) is 0 Å². The van der Waals surface area contributed by atoms with Gasteiger partial charge in [-0.15, -0.1) is 0 Å². The van der Waals surface area contributed by atoms with Crippen molar-refractivity contribution in [2.24, 2.45) is 0 Å². The van der Waals surface area contributed by atoms with Crippen LogP contribution in [0.2, 0.25) is 0 Å². The normalized spacial score (nSPS) is 11.4. The van der Waals surface area contributed by atoms with Crippen LogP contribution in [-0.2, 0) is 4.79 Å². The Labute approximate surface area is 147 Å². The SMILES string of the molecule is COc1ccc(OC)c([C@@H](C)NC(=O)c2ccc(NC(C)=O)cc2)c1. The van der Waals surface area contributed by atoms with Gasteiger partial charge < -0.3 is 20.1 Å². The molecule has 2 aromatic carbocycles. The average molecular weight is 342 g/mol. The van der Waals surface area contributed by atoms with Crippen LogP contribution in [0.15, 0.2) is 42.5 Å². The van der Waals surface area contributed by atoms with Gasteiger partial charge in [0.2, 0.25) is 5.91 Å². The van der Waals surface area contributed by atoms with Crippen LogP contribution in [0.1, 0.15) is 35.8 Å². The fourth-order valence-electron chi connectivity index (χ4n) is 2.44. The van der Waals surface area contributed by atoms with E-state index in [0.717, 1.165) is 5.56 Å². The lowest BCUT2D eigenvalue weighted by Crippen LogP contribution is -2.27. The minimum atomic E-state index is -0.271. The summed E-state index contributed by atoms with van der Waals surface area (Å²) in [5.41, 5.74) is 1.97. The lowest BCUT2D eigenvalue weighted by atomic mass is 10.1. The number of amides is 2. The van der Waals surface area contributed by atoms with Crippen LogP contribution < -0.4 is 20.1 Å². The molecule has 132 valence electrons. The van der Waals surface area contributed by atoms with E-state index in [1.54, 1.807) is 50.6 Å². The first-order valence-electron chi connectivity index (χ1n) is 7.85. The summed E-state index contributed by atoms with van der Waals surface area (Å²) < 4.78 is 10.6. The number of hydrogen-bond donors (Lipinski definition) is 2. The molecule has 0 aliphatic carbocycles. The van der Waals surface area contributed by atoms with E-state index in [1.807, 2.05) is 13.0 Å². The molecule has 2 aromatic rings. The number of nitrogens with one attached hydrogen (secondary N) is 2. The molecule has 2 rings (SSSR count). The fourth-order valence-corrected chi connectivity index (χ4v) is 2.44. The van der Waals surface area contributed by atoms with E-state index in [4.69, 9.17) is 9.47 Å². The van der Waals surface area contributed by atoms with Crippen LogP contribution in [-0.4, -0.2) is 26.0 Å². The maximum Gasteiger partial charge on any atom is 0.251 e. The van der Waals surface area contributed by atoms with Gasteiger partial charge in [-0.3, -0.25) is 9.59 Å². The number of anilines is 1. The van der Waals surface area contributed by atoms with Crippen LogP contribution in [0.4, 0.5) is 5.69 Å². The third kappa shape index (κ3) is 4.73. The molecule has 0 aromatic heterocycles. The fraction of sp³-hybridized carbons (Fsp3) is 0.263. The molecular weight excluding hydrogens is 320 g/mol. The number of benzene rings is 2. The van der Waals surface area contributed by atoms with E-state index in [1.165, 1.54) is 6.92 Å². The smallest absolute Gasteiger partial charge is 0.251 e. The molecule has 2 N–H and O–H groups in total. The first-order valence-corrected chi connectivity index (χ1v) is 7.85. The Morgan fingerprint density at radius 3 is 2.24 bits per heavy atom. The van der Waals surface area contributed by atoms with Gasteiger partial charge in [-0.2, -0.15) is 0 Å². The molecule has 2 amide bonds. The van der Waals surface area contributed by atoms with E-state index < -0.39 is 0 Å². The number of rotatable bonds is 6. The van der Waals surface area contributed by atoms with Gasteiger partial charge in [0, 0.05) is 23.7 Å². The van der Waals surface area contributed by atoms with Crippen molar-refractivity contribution in [3.63, 3.8) is 0 Å². The Bertz CT molecular complexity index is 757. The second-order valence-corrected chi connectivity index (χ2v) is 5.56. The maximum atomic E-state index is 12.4. The highest BCUT2D eigenvalue weighted by Crippen LogP contribution is 2.29. The largest absolute Gasteiger partial charge is 0.497 e. The molecule has 0 unspecified atom stereocenters. The van der Waals surface area contributed by atoms with Crippen molar-refractivity contribution < 1.29 is 19.1 Å². The number of carbonyl (C=O) groups is 2. The standard InChI is InChI=1S/C19H22N2O4/c1-12(17-11-16(24-3)9-10-18(17)25-4)20-19(23)14-5-7-15(8-6-14)21-13(2)22/h5-12H,1-4H3,(H,20,23)(H,21,22)/t12-/m1/s1. The molecule has 0 spiro atoms. The van der Waals surface area contributed by atoms with Crippen LogP contribution in [0.5, 0.6) is 11.5 Å². The summed E-state index contributed by atoms with van der Waals surface area (Å²) >= 11 is 0. The first-order chi connectivity index (χ1) is 11.9. The highest BCUT2D eigenvalue weighted by atomic mass is 16.5. The van der Waals surface area contributed by atoms with Crippen LogP contribution >= 0.6 is 0 Å². The van der Waals surface area contributed by atoms with Crippen molar-refractivity contribution in [2.45, 2.75) is 19.9 Å². The quantitative estimate of drug-likeness (QED) is 0.845. The number of hydrogen-bond acceptors (Lipinski definition) is 4. The first kappa shape index (κ1) is 18.3. The molecule has 25 heavy (non-hydrogen) atoms. The molecule has 1 atom stereocenters. The van der Waals surface area contributed by atoms with Gasteiger partial charge in [0.25, 0.3) is 5.91 Å². The summed E-state index contributed by atoms with van der Waals surface area (Å²) in [4.78, 5) is 23.5. The number of carbonyl (C=O) groups excluding carboxylic acids is 2. The number of ether oxygens (including phenoxy) is 2. The second kappa shape index (κ2) is 8.19. The van der Waals surface area contributed by atoms with Gasteiger partial charge in [0.15, 0.2) is 0 Å². The van der Waals surface area contributed by atoms with Gasteiger partial charge in [-0.25, -0.2) is 0 Å². The van der Waals surface area contributed by atoms with Crippen LogP contribution in [0.3, 0.4) is 0 Å². The molecule has 0 saturated carbocycles. The van der Waals surface area contributed by atoms with E-state index in [2.05, 4.69) is 10.6 Å². The minimum absolute atomic E-state index is 0.157. The molecule has 0 saturated heterocycles. The predicted octanol–water partition coefficient (Wildman–Crippen LogP) is 3.15. The summed E-state index contributed by atoms with van der Waals surface area (Å²) in [5, 5.41) is 5.60. The Balaban J connectivity index is 2.13. The van der Waals surface area contributed by atoms with Crippen LogP contribution in [0.25, 0.3) is 0 Å². The highest BCUT2D eigenvalue weighted by Gasteiger charge is 2.16. The predicted molar refractivity (Wildman–Crippen MR) is 96.2 cm³/mol. The molecule has 0 bridgehead atoms. The molecule has 6 nitrogen and oxygen atoms in total. The minimum Gasteiger partial charge on any atom is -0.497 e. The van der Waals surface area contributed by atoms with Crippen molar-refractivity contribution in [1.82, 2.24) is 5.32 Å². The van der Waals surface area contributed by atoms with E-state index in [0.29, 0.717) is 22.7 Å². The van der Waals surface area contributed by atoms with Gasteiger partial charge in [-0.1, -0.05) is 0 Å². The molecule has 0 heterocycles. The number of methoxy groups -OCH3 is 2. The third-order valence-electron chi connectivity index (χ3n) is 3.72. The summed E-state index contributed by atoms with van der Waals surface area (Å²) in [6, 6.07) is 11.9. The zero-order valence-corrected chi connectivity index (χ0v) is 14.8. The molecule has 6 heteroatoms. The van der Waals surface area contributed by atoms with Crippen molar-refractivity contribution in [1.29, 1.82) is 0 Å². The monoisotopic (exact) mass is 342 g/mol. The molecule has 0 radical (unpaired) electrons. The topological polar surface area (TPSA) is 76.7 Å². The summed E-state index contributed by atoms with van der Waals surface area (Å²) in [5.74, 6) is 0.994. The average Bonchev–Trinajstić information content (AvgIpc) is 2.61. The van der Waals surface area contributed by atoms with E-state index >= 15 is 0 Å². The van der Waals surface area contributed by atoms with Crippen molar-refractivity contribution >= 4 is 17.5 Å². The van der Waals surface area contributed by atoms with Crippen molar-refractivity contribution in [3.8, 4) is 11.5 Å². The second-order valence-electron chi connectivity index (χ2n) is 5.56. The summed E-state index contributed by atoms with van der Waals surface area (Å²) in [6.07, 6.45) is 0. The summed E-state index contributed by atoms with van der Waals surface area (Å²) in [6.45, 7) is 3.31. The van der Waals surface area contributed by atoms with E-state index in [9.17, 15) is 9.59 Å². The van der Waals surface area contributed by atoms with Gasteiger partial charge in [-0.05, 0) is 49.4 Å². The third-order valence-corrected chi connectivity index (χ3v) is 3.72. The Morgan fingerprint density at radius 2 is 1.68 bits per heavy atom. The van der Waals surface area contributed by atoms with Gasteiger partial charge >= 0.3 is 0 Å².